The monoisotopic (exact) mass is 197 g/mol. The molecule has 0 bridgehead atoms. The van der Waals surface area contributed by atoms with Crippen molar-refractivity contribution in [3.8, 4) is 0 Å². The zero-order valence-electron chi connectivity index (χ0n) is 7.12. The Balaban J connectivity index is 2.00. The SMILES string of the molecule is O=C(Nc1cccs1)C1(CO)CC1. The Morgan fingerprint density at radius 3 is 2.92 bits per heavy atom. The molecule has 0 saturated heterocycles. The second-order valence-electron chi connectivity index (χ2n) is 3.37. The van der Waals surface area contributed by atoms with E-state index < -0.39 is 5.41 Å². The summed E-state index contributed by atoms with van der Waals surface area (Å²) in [5, 5.41) is 14.6. The molecule has 1 aromatic heterocycles. The topological polar surface area (TPSA) is 49.3 Å². The van der Waals surface area contributed by atoms with E-state index in [0.717, 1.165) is 17.8 Å². The van der Waals surface area contributed by atoms with Crippen molar-refractivity contribution in [3.63, 3.8) is 0 Å². The first-order valence-corrected chi connectivity index (χ1v) is 5.11. The van der Waals surface area contributed by atoms with Gasteiger partial charge in [0.05, 0.1) is 17.0 Å². The lowest BCUT2D eigenvalue weighted by molar-refractivity contribution is -0.122. The maximum atomic E-state index is 11.6. The highest BCUT2D eigenvalue weighted by molar-refractivity contribution is 7.14. The van der Waals surface area contributed by atoms with Gasteiger partial charge in [-0.2, -0.15) is 0 Å². The first-order chi connectivity index (χ1) is 6.27. The molecule has 2 rings (SSSR count). The van der Waals surface area contributed by atoms with E-state index in [-0.39, 0.29) is 12.5 Å². The molecule has 1 saturated carbocycles. The minimum atomic E-state index is -0.468. The second kappa shape index (κ2) is 3.12. The second-order valence-corrected chi connectivity index (χ2v) is 4.32. The van der Waals surface area contributed by atoms with Crippen molar-refractivity contribution < 1.29 is 9.90 Å². The van der Waals surface area contributed by atoms with Gasteiger partial charge in [-0.3, -0.25) is 4.79 Å². The molecule has 1 aliphatic carbocycles. The van der Waals surface area contributed by atoms with Gasteiger partial charge < -0.3 is 10.4 Å². The van der Waals surface area contributed by atoms with Crippen molar-refractivity contribution in [2.45, 2.75) is 12.8 Å². The highest BCUT2D eigenvalue weighted by Gasteiger charge is 2.49. The highest BCUT2D eigenvalue weighted by Crippen LogP contribution is 2.46. The minimum absolute atomic E-state index is 0.0375. The molecular weight excluding hydrogens is 186 g/mol. The third kappa shape index (κ3) is 1.59. The molecule has 4 heteroatoms. The standard InChI is InChI=1S/C9H11NO2S/c11-6-9(3-4-9)8(12)10-7-2-1-5-13-7/h1-2,5,11H,3-4,6H2,(H,10,12). The van der Waals surface area contributed by atoms with Crippen LogP contribution in [0, 0.1) is 5.41 Å². The van der Waals surface area contributed by atoms with Crippen LogP contribution in [-0.4, -0.2) is 17.6 Å². The van der Waals surface area contributed by atoms with Crippen LogP contribution in [0.4, 0.5) is 5.00 Å². The van der Waals surface area contributed by atoms with Crippen LogP contribution >= 0.6 is 11.3 Å². The Bertz CT molecular complexity index is 303. The Morgan fingerprint density at radius 2 is 2.46 bits per heavy atom. The third-order valence-corrected chi connectivity index (χ3v) is 3.18. The van der Waals surface area contributed by atoms with Crippen molar-refractivity contribution in [1.82, 2.24) is 0 Å². The van der Waals surface area contributed by atoms with Crippen molar-refractivity contribution in [2.24, 2.45) is 5.41 Å². The van der Waals surface area contributed by atoms with Crippen molar-refractivity contribution in [2.75, 3.05) is 11.9 Å². The largest absolute Gasteiger partial charge is 0.395 e. The zero-order chi connectivity index (χ0) is 9.31. The van der Waals surface area contributed by atoms with Gasteiger partial charge in [-0.15, -0.1) is 11.3 Å². The minimum Gasteiger partial charge on any atom is -0.395 e. The Morgan fingerprint density at radius 1 is 1.69 bits per heavy atom. The molecule has 13 heavy (non-hydrogen) atoms. The Hall–Kier alpha value is -0.870. The molecule has 0 unspecified atom stereocenters. The first-order valence-electron chi connectivity index (χ1n) is 4.23. The van der Waals surface area contributed by atoms with Crippen molar-refractivity contribution in [1.29, 1.82) is 0 Å². The highest BCUT2D eigenvalue weighted by atomic mass is 32.1. The number of carbonyl (C=O) groups is 1. The maximum absolute atomic E-state index is 11.6. The molecule has 2 N–H and O–H groups in total. The van der Waals surface area contributed by atoms with Crippen LogP contribution in [0.2, 0.25) is 0 Å². The Labute approximate surface area is 80.4 Å². The normalized spacial score (nSPS) is 18.2. The van der Waals surface area contributed by atoms with Crippen LogP contribution < -0.4 is 5.32 Å². The van der Waals surface area contributed by atoms with Gasteiger partial charge in [0.1, 0.15) is 0 Å². The maximum Gasteiger partial charge on any atom is 0.233 e. The van der Waals surface area contributed by atoms with Gasteiger partial charge in [-0.05, 0) is 30.4 Å². The molecule has 0 aliphatic heterocycles. The number of amides is 1. The smallest absolute Gasteiger partial charge is 0.233 e. The third-order valence-electron chi connectivity index (χ3n) is 2.40. The molecular formula is C9H11NO2S. The molecule has 0 spiro atoms. The molecule has 1 aliphatic rings. The van der Waals surface area contributed by atoms with Crippen molar-refractivity contribution in [3.05, 3.63) is 17.5 Å². The van der Waals surface area contributed by atoms with Crippen LogP contribution in [0.3, 0.4) is 0 Å². The number of hydrogen-bond acceptors (Lipinski definition) is 3. The fourth-order valence-corrected chi connectivity index (χ4v) is 1.81. The van der Waals surface area contributed by atoms with E-state index in [1.54, 1.807) is 0 Å². The predicted octanol–water partition coefficient (Wildman–Crippen LogP) is 1.46. The quantitative estimate of drug-likeness (QED) is 0.770. The fourth-order valence-electron chi connectivity index (χ4n) is 1.20. The number of rotatable bonds is 3. The summed E-state index contributed by atoms with van der Waals surface area (Å²) in [6.07, 6.45) is 1.61. The average molecular weight is 197 g/mol. The van der Waals surface area contributed by atoms with Gasteiger partial charge in [-0.25, -0.2) is 0 Å². The number of aliphatic hydroxyl groups is 1. The van der Waals surface area contributed by atoms with E-state index in [1.807, 2.05) is 17.5 Å². The van der Waals surface area contributed by atoms with Gasteiger partial charge in [0.25, 0.3) is 0 Å². The van der Waals surface area contributed by atoms with Gasteiger partial charge >= 0.3 is 0 Å². The molecule has 1 aromatic rings. The molecule has 1 amide bonds. The fraction of sp³-hybridized carbons (Fsp3) is 0.444. The number of nitrogens with one attached hydrogen (secondary N) is 1. The summed E-state index contributed by atoms with van der Waals surface area (Å²) in [5.41, 5.74) is -0.468. The van der Waals surface area contributed by atoms with Gasteiger partial charge in [0.15, 0.2) is 0 Å². The van der Waals surface area contributed by atoms with E-state index in [4.69, 9.17) is 5.11 Å². The summed E-state index contributed by atoms with van der Waals surface area (Å²) in [6, 6.07) is 3.74. The lowest BCUT2D eigenvalue weighted by Crippen LogP contribution is -2.26. The number of aliphatic hydroxyl groups excluding tert-OH is 1. The summed E-state index contributed by atoms with van der Waals surface area (Å²) in [6.45, 7) is -0.0375. The van der Waals surface area contributed by atoms with E-state index in [2.05, 4.69) is 5.32 Å². The first kappa shape index (κ1) is 8.72. The molecule has 0 radical (unpaired) electrons. The number of anilines is 1. The van der Waals surface area contributed by atoms with E-state index >= 15 is 0 Å². The lowest BCUT2D eigenvalue weighted by atomic mass is 10.1. The summed E-state index contributed by atoms with van der Waals surface area (Å²) >= 11 is 1.49. The van der Waals surface area contributed by atoms with E-state index in [9.17, 15) is 4.79 Å². The molecule has 1 heterocycles. The summed E-state index contributed by atoms with van der Waals surface area (Å²) in [5.74, 6) is -0.0440. The molecule has 0 atom stereocenters. The van der Waals surface area contributed by atoms with Crippen LogP contribution in [0.25, 0.3) is 0 Å². The molecule has 3 nitrogen and oxygen atoms in total. The molecule has 0 aromatic carbocycles. The van der Waals surface area contributed by atoms with Crippen LogP contribution in [0.5, 0.6) is 0 Å². The predicted molar refractivity (Wildman–Crippen MR) is 51.7 cm³/mol. The van der Waals surface area contributed by atoms with Gasteiger partial charge in [0, 0.05) is 0 Å². The van der Waals surface area contributed by atoms with Crippen molar-refractivity contribution >= 4 is 22.2 Å². The van der Waals surface area contributed by atoms with E-state index in [0.29, 0.717) is 0 Å². The van der Waals surface area contributed by atoms with E-state index in [1.165, 1.54) is 11.3 Å². The summed E-state index contributed by atoms with van der Waals surface area (Å²) in [4.78, 5) is 11.6. The van der Waals surface area contributed by atoms with Crippen LogP contribution in [0.1, 0.15) is 12.8 Å². The average Bonchev–Trinajstić information content (AvgIpc) is 2.79. The zero-order valence-corrected chi connectivity index (χ0v) is 7.93. The summed E-state index contributed by atoms with van der Waals surface area (Å²) in [7, 11) is 0. The van der Waals surface area contributed by atoms with Gasteiger partial charge in [0.2, 0.25) is 5.91 Å². The van der Waals surface area contributed by atoms with Crippen LogP contribution in [-0.2, 0) is 4.79 Å². The number of hydrogen-bond donors (Lipinski definition) is 2. The number of carbonyl (C=O) groups excluding carboxylic acids is 1. The lowest BCUT2D eigenvalue weighted by Gasteiger charge is -2.10. The molecule has 1 fully saturated rings. The number of thiophene rings is 1. The van der Waals surface area contributed by atoms with Crippen LogP contribution in [0.15, 0.2) is 17.5 Å². The summed E-state index contributed by atoms with van der Waals surface area (Å²) < 4.78 is 0. The van der Waals surface area contributed by atoms with Gasteiger partial charge in [-0.1, -0.05) is 0 Å². The molecule has 70 valence electrons. The Kier molecular flexibility index (Phi) is 2.09.